The molecule has 0 atom stereocenters. The van der Waals surface area contributed by atoms with Crippen molar-refractivity contribution >= 4 is 50.9 Å². The topological polar surface area (TPSA) is 0 Å². The number of thiophene rings is 2. The highest BCUT2D eigenvalue weighted by molar-refractivity contribution is 7.37. The maximum absolute atomic E-state index is 3.30. The molecule has 2 aromatic rings. The highest BCUT2D eigenvalue weighted by Gasteiger charge is 2.30. The molecule has 2 aliphatic rings. The molecule has 0 radical (unpaired) electrons. The molecule has 0 unspecified atom stereocenters. The van der Waals surface area contributed by atoms with E-state index in [-0.39, 0.29) is 0 Å². The van der Waals surface area contributed by atoms with Gasteiger partial charge in [-0.15, -0.1) is 34.1 Å². The quantitative estimate of drug-likeness (QED) is 0.547. The Morgan fingerprint density at radius 3 is 1.61 bits per heavy atom. The van der Waals surface area contributed by atoms with Crippen LogP contribution in [-0.4, -0.2) is 8.07 Å². The van der Waals surface area contributed by atoms with Gasteiger partial charge in [0.05, 0.1) is 0 Å². The summed E-state index contributed by atoms with van der Waals surface area (Å²) < 4.78 is 3.06. The average Bonchev–Trinajstić information content (AvgIpc) is 3.36. The first-order valence-electron chi connectivity index (χ1n) is 7.63. The van der Waals surface area contributed by atoms with E-state index < -0.39 is 8.07 Å². The van der Waals surface area contributed by atoms with Gasteiger partial charge in [-0.1, -0.05) is 37.4 Å². The fraction of sp³-hybridized carbons (Fsp3) is 0.100. The van der Waals surface area contributed by atoms with Crippen LogP contribution in [0, 0.1) is 0 Å². The van der Waals surface area contributed by atoms with Gasteiger partial charge in [-0.2, -0.15) is 0 Å². The summed E-state index contributed by atoms with van der Waals surface area (Å²) in [6, 6.07) is 9.14. The maximum atomic E-state index is 3.30. The van der Waals surface area contributed by atoms with E-state index >= 15 is 0 Å². The van der Waals surface area contributed by atoms with Crippen LogP contribution in [0.1, 0.15) is 9.75 Å². The Balaban J connectivity index is 1.67. The molecule has 112 valence electrons. The van der Waals surface area contributed by atoms with Crippen LogP contribution in [0.5, 0.6) is 0 Å². The molecular weight excluding hydrogens is 332 g/mol. The third-order valence-electron chi connectivity index (χ3n) is 4.17. The van der Waals surface area contributed by atoms with E-state index in [0.29, 0.717) is 0 Å². The Morgan fingerprint density at radius 1 is 0.739 bits per heavy atom. The van der Waals surface area contributed by atoms with Gasteiger partial charge in [-0.25, -0.2) is 0 Å². The Hall–Kier alpha value is -1.86. The molecule has 0 N–H and O–H groups in total. The third kappa shape index (κ3) is 2.64. The molecule has 0 nitrogen and oxygen atoms in total. The van der Waals surface area contributed by atoms with Crippen LogP contribution in [0.15, 0.2) is 72.2 Å². The molecule has 3 heteroatoms. The Morgan fingerprint density at radius 2 is 1.22 bits per heavy atom. The lowest BCUT2D eigenvalue weighted by Gasteiger charge is -2.18. The predicted molar refractivity (Wildman–Crippen MR) is 107 cm³/mol. The van der Waals surface area contributed by atoms with E-state index in [1.807, 2.05) is 34.8 Å². The van der Waals surface area contributed by atoms with Crippen LogP contribution >= 0.6 is 22.7 Å². The first-order chi connectivity index (χ1) is 11.1. The molecule has 0 bridgehead atoms. The largest absolute Gasteiger partial charge is 0.144 e. The van der Waals surface area contributed by atoms with Crippen LogP contribution in [0.4, 0.5) is 0 Å². The lowest BCUT2D eigenvalue weighted by Crippen LogP contribution is -2.50. The molecule has 0 aliphatic heterocycles. The van der Waals surface area contributed by atoms with Crippen LogP contribution < -0.4 is 9.00 Å². The van der Waals surface area contributed by atoms with Crippen molar-refractivity contribution in [2.24, 2.45) is 0 Å². The second-order valence-corrected chi connectivity index (χ2v) is 13.3. The summed E-state index contributed by atoms with van der Waals surface area (Å²) in [5.74, 6) is 0. The Labute approximate surface area is 145 Å². The molecule has 0 fully saturated rings. The molecule has 2 aliphatic carbocycles. The van der Waals surface area contributed by atoms with Gasteiger partial charge >= 0.3 is 0 Å². The first-order valence-corrected chi connectivity index (χ1v) is 12.3. The van der Waals surface area contributed by atoms with Crippen molar-refractivity contribution < 1.29 is 0 Å². The number of hydrogen-bond donors (Lipinski definition) is 0. The minimum absolute atomic E-state index is 1.21. The minimum atomic E-state index is -1.63. The van der Waals surface area contributed by atoms with E-state index in [1.165, 1.54) is 29.9 Å². The van der Waals surface area contributed by atoms with E-state index in [2.05, 4.69) is 73.1 Å². The minimum Gasteiger partial charge on any atom is -0.144 e. The van der Waals surface area contributed by atoms with Crippen molar-refractivity contribution in [1.29, 1.82) is 0 Å². The normalized spacial score (nSPS) is 15.6. The van der Waals surface area contributed by atoms with Gasteiger partial charge in [0.15, 0.2) is 0 Å². The molecule has 4 rings (SSSR count). The maximum Gasteiger partial charge on any atom is 0.137 e. The molecular formula is C20H16S2Si. The number of allylic oxidation sites excluding steroid dienone is 6. The molecule has 0 saturated heterocycles. The van der Waals surface area contributed by atoms with E-state index in [0.717, 1.165) is 0 Å². The third-order valence-corrected chi connectivity index (χ3v) is 12.5. The predicted octanol–water partition coefficient (Wildman–Crippen LogP) is 4.85. The van der Waals surface area contributed by atoms with Gasteiger partial charge in [-0.3, -0.25) is 0 Å². The number of rotatable bonds is 4. The lowest BCUT2D eigenvalue weighted by molar-refractivity contribution is 1.84. The molecule has 23 heavy (non-hydrogen) atoms. The van der Waals surface area contributed by atoms with Crippen molar-refractivity contribution in [1.82, 2.24) is 0 Å². The average molecular weight is 349 g/mol. The van der Waals surface area contributed by atoms with Crippen molar-refractivity contribution in [3.8, 4) is 0 Å². The first kappa shape index (κ1) is 14.7. The summed E-state index contributed by atoms with van der Waals surface area (Å²) in [6.07, 6.45) is 12.4. The monoisotopic (exact) mass is 348 g/mol. The zero-order valence-corrected chi connectivity index (χ0v) is 15.7. The van der Waals surface area contributed by atoms with Crippen molar-refractivity contribution in [3.63, 3.8) is 0 Å². The fourth-order valence-electron chi connectivity index (χ4n) is 2.73. The van der Waals surface area contributed by atoms with Gasteiger partial charge in [0.2, 0.25) is 0 Å². The highest BCUT2D eigenvalue weighted by atomic mass is 32.1. The van der Waals surface area contributed by atoms with Crippen LogP contribution in [0.2, 0.25) is 13.1 Å². The molecule has 0 saturated carbocycles. The zero-order chi connectivity index (χ0) is 15.9. The summed E-state index contributed by atoms with van der Waals surface area (Å²) >= 11 is 3.86. The molecule has 0 aromatic carbocycles. The van der Waals surface area contributed by atoms with Gasteiger partial charge in [-0.05, 0) is 45.4 Å². The Bertz CT molecular complexity index is 885. The second kappa shape index (κ2) is 5.65. The second-order valence-electron chi connectivity index (χ2n) is 6.12. The van der Waals surface area contributed by atoms with Crippen LogP contribution in [0.3, 0.4) is 0 Å². The van der Waals surface area contributed by atoms with E-state index in [9.17, 15) is 0 Å². The lowest BCUT2D eigenvalue weighted by atomic mass is 10.2. The summed E-state index contributed by atoms with van der Waals surface area (Å²) in [7, 11) is -1.63. The SMILES string of the molecule is C[Si](C)(c1ccc(C2=C=CC=C2)s1)c1ccc(C2=C=CC=C2)s1. The van der Waals surface area contributed by atoms with Gasteiger partial charge < -0.3 is 0 Å². The highest BCUT2D eigenvalue weighted by Crippen LogP contribution is 2.27. The molecule has 2 aromatic heterocycles. The van der Waals surface area contributed by atoms with Gasteiger partial charge in [0.25, 0.3) is 0 Å². The molecule has 0 amide bonds. The molecule has 0 spiro atoms. The fourth-order valence-corrected chi connectivity index (χ4v) is 9.02. The summed E-state index contributed by atoms with van der Waals surface area (Å²) in [6.45, 7) is 4.89. The van der Waals surface area contributed by atoms with Crippen molar-refractivity contribution in [2.75, 3.05) is 0 Å². The van der Waals surface area contributed by atoms with Gasteiger partial charge in [0, 0.05) is 20.9 Å². The van der Waals surface area contributed by atoms with E-state index in [1.54, 1.807) is 0 Å². The Kier molecular flexibility index (Phi) is 3.61. The van der Waals surface area contributed by atoms with Crippen LogP contribution in [0.25, 0.3) is 11.1 Å². The zero-order valence-electron chi connectivity index (χ0n) is 13.1. The van der Waals surface area contributed by atoms with Crippen molar-refractivity contribution in [3.05, 3.63) is 81.9 Å². The standard InChI is InChI=1S/C20H16S2Si/c1-23(2,19-13-11-17(21-19)15-7-3-4-8-15)20-14-12-18(22-20)16-9-5-6-10-16/h3-7,9,11-14H,1-2H3. The summed E-state index contributed by atoms with van der Waals surface area (Å²) in [4.78, 5) is 2.65. The van der Waals surface area contributed by atoms with Crippen LogP contribution in [-0.2, 0) is 0 Å². The summed E-state index contributed by atoms with van der Waals surface area (Å²) in [5, 5.41) is 0. The molecule has 2 heterocycles. The van der Waals surface area contributed by atoms with Gasteiger partial charge in [0.1, 0.15) is 8.07 Å². The number of hydrogen-bond acceptors (Lipinski definition) is 2. The summed E-state index contributed by atoms with van der Waals surface area (Å²) in [5.41, 5.74) is 9.03. The van der Waals surface area contributed by atoms with Crippen molar-refractivity contribution in [2.45, 2.75) is 13.1 Å². The van der Waals surface area contributed by atoms with E-state index in [4.69, 9.17) is 0 Å². The smallest absolute Gasteiger partial charge is 0.137 e.